The van der Waals surface area contributed by atoms with E-state index in [-0.39, 0.29) is 16.5 Å². The first-order chi connectivity index (χ1) is 10.5. The lowest BCUT2D eigenvalue weighted by Gasteiger charge is -2.25. The number of carbonyl (C=O) groups excluding carboxylic acids is 1. The smallest absolute Gasteiger partial charge is 0.256 e. The Morgan fingerprint density at radius 3 is 2.77 bits per heavy atom. The van der Waals surface area contributed by atoms with E-state index in [1.54, 1.807) is 7.05 Å². The zero-order valence-electron chi connectivity index (χ0n) is 12.9. The molecule has 2 rings (SSSR count). The molecule has 1 aromatic rings. The van der Waals surface area contributed by atoms with E-state index in [9.17, 15) is 9.18 Å². The lowest BCUT2D eigenvalue weighted by molar-refractivity contribution is 0.0582. The van der Waals surface area contributed by atoms with Gasteiger partial charge in [-0.05, 0) is 31.2 Å². The molecule has 0 atom stereocenters. The first-order valence-corrected chi connectivity index (χ1v) is 7.77. The number of benzene rings is 1. The van der Waals surface area contributed by atoms with Crippen molar-refractivity contribution < 1.29 is 18.7 Å². The summed E-state index contributed by atoms with van der Waals surface area (Å²) in [7, 11) is 3.13. The summed E-state index contributed by atoms with van der Waals surface area (Å²) >= 11 is 5.81. The van der Waals surface area contributed by atoms with Gasteiger partial charge in [0, 0.05) is 32.9 Å². The average Bonchev–Trinajstić information content (AvgIpc) is 2.55. The SMILES string of the molecule is COc1cc(Cl)c(F)c(C(=O)N(C)CCC2CCOCC2)c1. The molecule has 4 nitrogen and oxygen atoms in total. The first-order valence-electron chi connectivity index (χ1n) is 7.39. The number of nitrogens with zero attached hydrogens (tertiary/aromatic N) is 1. The number of rotatable bonds is 5. The summed E-state index contributed by atoms with van der Waals surface area (Å²) in [5, 5.41) is -0.111. The van der Waals surface area contributed by atoms with Crippen LogP contribution in [0.3, 0.4) is 0 Å². The largest absolute Gasteiger partial charge is 0.497 e. The fourth-order valence-electron chi connectivity index (χ4n) is 2.56. The zero-order chi connectivity index (χ0) is 16.1. The molecule has 1 saturated heterocycles. The monoisotopic (exact) mass is 329 g/mol. The maximum absolute atomic E-state index is 14.1. The predicted molar refractivity (Wildman–Crippen MR) is 83.1 cm³/mol. The number of hydrogen-bond acceptors (Lipinski definition) is 3. The minimum absolute atomic E-state index is 0.0566. The molecule has 22 heavy (non-hydrogen) atoms. The van der Waals surface area contributed by atoms with Crippen molar-refractivity contribution in [2.24, 2.45) is 5.92 Å². The van der Waals surface area contributed by atoms with Gasteiger partial charge in [0.15, 0.2) is 5.82 Å². The third-order valence-corrected chi connectivity index (χ3v) is 4.30. The van der Waals surface area contributed by atoms with Gasteiger partial charge in [-0.2, -0.15) is 0 Å². The van der Waals surface area contributed by atoms with Crippen molar-refractivity contribution in [3.63, 3.8) is 0 Å². The van der Waals surface area contributed by atoms with Crippen molar-refractivity contribution >= 4 is 17.5 Å². The topological polar surface area (TPSA) is 38.8 Å². The first kappa shape index (κ1) is 17.0. The van der Waals surface area contributed by atoms with Gasteiger partial charge in [0.1, 0.15) is 5.75 Å². The fourth-order valence-corrected chi connectivity index (χ4v) is 2.77. The molecule has 0 unspecified atom stereocenters. The predicted octanol–water partition coefficient (Wildman–Crippen LogP) is 3.38. The maximum atomic E-state index is 14.1. The Kier molecular flexibility index (Phi) is 6.03. The number of carbonyl (C=O) groups is 1. The van der Waals surface area contributed by atoms with Gasteiger partial charge in [-0.3, -0.25) is 4.79 Å². The quantitative estimate of drug-likeness (QED) is 0.831. The molecule has 1 aliphatic rings. The minimum Gasteiger partial charge on any atom is -0.497 e. The summed E-state index contributed by atoms with van der Waals surface area (Å²) in [6.07, 6.45) is 2.92. The number of amides is 1. The lowest BCUT2D eigenvalue weighted by atomic mass is 9.96. The number of ether oxygens (including phenoxy) is 2. The highest BCUT2D eigenvalue weighted by molar-refractivity contribution is 6.31. The molecule has 6 heteroatoms. The van der Waals surface area contributed by atoms with Crippen LogP contribution in [0.2, 0.25) is 5.02 Å². The summed E-state index contributed by atoms with van der Waals surface area (Å²) in [6.45, 7) is 2.14. The summed E-state index contributed by atoms with van der Waals surface area (Å²) in [6, 6.07) is 2.74. The molecule has 0 bridgehead atoms. The molecule has 1 aliphatic heterocycles. The van der Waals surface area contributed by atoms with Crippen molar-refractivity contribution in [3.8, 4) is 5.75 Å². The average molecular weight is 330 g/mol. The van der Waals surface area contributed by atoms with Crippen molar-refractivity contribution in [3.05, 3.63) is 28.5 Å². The van der Waals surface area contributed by atoms with Gasteiger partial charge >= 0.3 is 0 Å². The molecule has 0 spiro atoms. The van der Waals surface area contributed by atoms with Crippen LogP contribution < -0.4 is 4.74 Å². The highest BCUT2D eigenvalue weighted by atomic mass is 35.5. The van der Waals surface area contributed by atoms with Gasteiger partial charge in [-0.1, -0.05) is 11.6 Å². The molecule has 1 amide bonds. The molecule has 1 fully saturated rings. The van der Waals surface area contributed by atoms with Crippen molar-refractivity contribution in [1.29, 1.82) is 0 Å². The molecule has 0 aliphatic carbocycles. The Morgan fingerprint density at radius 2 is 2.14 bits per heavy atom. The van der Waals surface area contributed by atoms with Gasteiger partial charge in [0.25, 0.3) is 5.91 Å². The summed E-state index contributed by atoms with van der Waals surface area (Å²) in [4.78, 5) is 13.9. The molecule has 1 heterocycles. The molecule has 0 N–H and O–H groups in total. The van der Waals surface area contributed by atoms with Gasteiger partial charge in [-0.15, -0.1) is 0 Å². The highest BCUT2D eigenvalue weighted by Crippen LogP contribution is 2.26. The van der Waals surface area contributed by atoms with Crippen LogP contribution in [0, 0.1) is 11.7 Å². The van der Waals surface area contributed by atoms with E-state index >= 15 is 0 Å². The van der Waals surface area contributed by atoms with Gasteiger partial charge < -0.3 is 14.4 Å². The van der Waals surface area contributed by atoms with Gasteiger partial charge in [-0.25, -0.2) is 4.39 Å². The van der Waals surface area contributed by atoms with Crippen LogP contribution in [0.25, 0.3) is 0 Å². The molecule has 1 aromatic carbocycles. The Balaban J connectivity index is 2.02. The van der Waals surface area contributed by atoms with E-state index in [1.165, 1.54) is 24.1 Å². The van der Waals surface area contributed by atoms with E-state index < -0.39 is 5.82 Å². The van der Waals surface area contributed by atoms with Crippen LogP contribution in [0.15, 0.2) is 12.1 Å². The fraction of sp³-hybridized carbons (Fsp3) is 0.562. The maximum Gasteiger partial charge on any atom is 0.256 e. The summed E-state index contributed by atoms with van der Waals surface area (Å²) in [5.74, 6) is -0.161. The van der Waals surface area contributed by atoms with E-state index in [1.807, 2.05) is 0 Å². The van der Waals surface area contributed by atoms with Gasteiger partial charge in [0.05, 0.1) is 17.7 Å². The minimum atomic E-state index is -0.703. The molecule has 0 radical (unpaired) electrons. The van der Waals surface area contributed by atoms with Crippen LogP contribution in [0.5, 0.6) is 5.75 Å². The van der Waals surface area contributed by atoms with Crippen molar-refractivity contribution in [2.45, 2.75) is 19.3 Å². The second kappa shape index (κ2) is 7.79. The number of hydrogen-bond donors (Lipinski definition) is 0. The lowest BCUT2D eigenvalue weighted by Crippen LogP contribution is -2.30. The Bertz CT molecular complexity index is 532. The van der Waals surface area contributed by atoms with Crippen LogP contribution in [-0.2, 0) is 4.74 Å². The Hall–Kier alpha value is -1.33. The number of methoxy groups -OCH3 is 1. The third kappa shape index (κ3) is 4.11. The normalized spacial score (nSPS) is 15.6. The second-order valence-electron chi connectivity index (χ2n) is 5.54. The molecule has 0 aromatic heterocycles. The van der Waals surface area contributed by atoms with Crippen molar-refractivity contribution in [1.82, 2.24) is 4.90 Å². The van der Waals surface area contributed by atoms with E-state index in [2.05, 4.69) is 0 Å². The molecular formula is C16H21ClFNO3. The Labute approximate surface area is 135 Å². The zero-order valence-corrected chi connectivity index (χ0v) is 13.7. The third-order valence-electron chi connectivity index (χ3n) is 4.03. The van der Waals surface area contributed by atoms with Crippen molar-refractivity contribution in [2.75, 3.05) is 33.9 Å². The molecule has 122 valence electrons. The standard InChI is InChI=1S/C16H21ClFNO3/c1-19(6-3-11-4-7-22-8-5-11)16(20)13-9-12(21-2)10-14(17)15(13)18/h9-11H,3-8H2,1-2H3. The van der Waals surface area contributed by atoms with E-state index in [0.29, 0.717) is 18.2 Å². The molecule has 0 saturated carbocycles. The van der Waals surface area contributed by atoms with E-state index in [4.69, 9.17) is 21.1 Å². The van der Waals surface area contributed by atoms with E-state index in [0.717, 1.165) is 32.5 Å². The number of halogens is 2. The van der Waals surface area contributed by atoms with Crippen LogP contribution >= 0.6 is 11.6 Å². The highest BCUT2D eigenvalue weighted by Gasteiger charge is 2.21. The van der Waals surface area contributed by atoms with Gasteiger partial charge in [0.2, 0.25) is 0 Å². The van der Waals surface area contributed by atoms with Crippen LogP contribution in [0.4, 0.5) is 4.39 Å². The Morgan fingerprint density at radius 1 is 1.45 bits per heavy atom. The second-order valence-corrected chi connectivity index (χ2v) is 5.95. The summed E-state index contributed by atoms with van der Waals surface area (Å²) in [5.41, 5.74) is -0.0566. The van der Waals surface area contributed by atoms with Crippen LogP contribution in [0.1, 0.15) is 29.6 Å². The van der Waals surface area contributed by atoms with Crippen LogP contribution in [-0.4, -0.2) is 44.7 Å². The molecular weight excluding hydrogens is 309 g/mol. The summed E-state index contributed by atoms with van der Waals surface area (Å²) < 4.78 is 24.4.